The molecule has 0 aliphatic carbocycles. The molecule has 0 radical (unpaired) electrons. The number of hydrogen-bond acceptors (Lipinski definition) is 5. The number of fused-ring (bicyclic) bond motifs is 1. The minimum Gasteiger partial charge on any atom is -0.374 e. The van der Waals surface area contributed by atoms with E-state index in [9.17, 15) is 0 Å². The largest absolute Gasteiger partial charge is 0.374 e. The van der Waals surface area contributed by atoms with Crippen molar-refractivity contribution in [3.05, 3.63) is 53.7 Å². The molecule has 24 heavy (non-hydrogen) atoms. The van der Waals surface area contributed by atoms with Gasteiger partial charge in [-0.2, -0.15) is 5.10 Å². The quantitative estimate of drug-likeness (QED) is 0.728. The smallest absolute Gasteiger partial charge is 0.137 e. The summed E-state index contributed by atoms with van der Waals surface area (Å²) in [6, 6.07) is 7.95. The van der Waals surface area contributed by atoms with Crippen LogP contribution in [0.25, 0.3) is 10.9 Å². The van der Waals surface area contributed by atoms with E-state index in [0.717, 1.165) is 48.7 Å². The molecular weight excluding hydrogens is 326 g/mol. The molecule has 1 aromatic carbocycles. The molecule has 1 fully saturated rings. The van der Waals surface area contributed by atoms with Gasteiger partial charge >= 0.3 is 0 Å². The molecule has 1 atom stereocenters. The first-order chi connectivity index (χ1) is 11.8. The summed E-state index contributed by atoms with van der Waals surface area (Å²) < 4.78 is 7.67. The Kier molecular flexibility index (Phi) is 4.42. The van der Waals surface area contributed by atoms with Crippen molar-refractivity contribution >= 4 is 22.5 Å². The molecule has 4 rings (SSSR count). The van der Waals surface area contributed by atoms with E-state index in [1.165, 1.54) is 5.56 Å². The zero-order chi connectivity index (χ0) is 16.4. The highest BCUT2D eigenvalue weighted by atomic mass is 35.5. The van der Waals surface area contributed by atoms with Crippen molar-refractivity contribution in [2.45, 2.75) is 19.2 Å². The summed E-state index contributed by atoms with van der Waals surface area (Å²) in [6.45, 7) is 4.04. The lowest BCUT2D eigenvalue weighted by molar-refractivity contribution is -0.0401. The third-order valence-corrected chi connectivity index (χ3v) is 4.60. The van der Waals surface area contributed by atoms with Gasteiger partial charge in [-0.15, -0.1) is 0 Å². The Labute approximate surface area is 145 Å². The first kappa shape index (κ1) is 15.5. The molecule has 0 N–H and O–H groups in total. The molecule has 3 aromatic rings. The first-order valence-corrected chi connectivity index (χ1v) is 8.36. The van der Waals surface area contributed by atoms with Gasteiger partial charge in [-0.1, -0.05) is 17.7 Å². The summed E-state index contributed by atoms with van der Waals surface area (Å²) in [7, 11) is 0. The van der Waals surface area contributed by atoms with Crippen molar-refractivity contribution < 1.29 is 4.74 Å². The maximum absolute atomic E-state index is 6.29. The lowest BCUT2D eigenvalue weighted by Gasteiger charge is -2.33. The Morgan fingerprint density at radius 3 is 3.12 bits per heavy atom. The molecule has 3 heterocycles. The third-order valence-electron chi connectivity index (χ3n) is 4.27. The third kappa shape index (κ3) is 3.26. The molecule has 1 aliphatic heterocycles. The molecule has 0 bridgehead atoms. The minimum atomic E-state index is 0.118. The summed E-state index contributed by atoms with van der Waals surface area (Å²) in [6.07, 6.45) is 5.20. The average Bonchev–Trinajstić information content (AvgIpc) is 3.11. The predicted octanol–water partition coefficient (Wildman–Crippen LogP) is 2.38. The van der Waals surface area contributed by atoms with Gasteiger partial charge in [-0.3, -0.25) is 14.6 Å². The molecule has 124 valence electrons. The van der Waals surface area contributed by atoms with Crippen LogP contribution < -0.4 is 0 Å². The van der Waals surface area contributed by atoms with E-state index < -0.39 is 0 Å². The molecule has 0 spiro atoms. The highest BCUT2D eigenvalue weighted by Crippen LogP contribution is 2.26. The number of rotatable bonds is 4. The monoisotopic (exact) mass is 343 g/mol. The van der Waals surface area contributed by atoms with E-state index in [0.29, 0.717) is 0 Å². The van der Waals surface area contributed by atoms with Gasteiger partial charge < -0.3 is 4.74 Å². The number of nitrogens with zero attached hydrogens (tertiary/aromatic N) is 5. The molecular formula is C17H18ClN5O. The number of ether oxygens (including phenoxy) is 1. The van der Waals surface area contributed by atoms with Crippen LogP contribution in [-0.4, -0.2) is 50.4 Å². The van der Waals surface area contributed by atoms with Gasteiger partial charge in [0, 0.05) is 36.2 Å². The van der Waals surface area contributed by atoms with Gasteiger partial charge in [-0.25, -0.2) is 4.98 Å². The molecule has 7 heteroatoms. The van der Waals surface area contributed by atoms with Crippen molar-refractivity contribution in [3.63, 3.8) is 0 Å². The van der Waals surface area contributed by atoms with Crippen molar-refractivity contribution in [2.24, 2.45) is 0 Å². The zero-order valence-corrected chi connectivity index (χ0v) is 13.9. The van der Waals surface area contributed by atoms with E-state index in [-0.39, 0.29) is 6.10 Å². The van der Waals surface area contributed by atoms with E-state index >= 15 is 0 Å². The summed E-state index contributed by atoms with van der Waals surface area (Å²) in [4.78, 5) is 10.9. The highest BCUT2D eigenvalue weighted by Gasteiger charge is 2.22. The maximum Gasteiger partial charge on any atom is 0.137 e. The fourth-order valence-electron chi connectivity index (χ4n) is 3.14. The van der Waals surface area contributed by atoms with Gasteiger partial charge in [-0.05, 0) is 23.8 Å². The van der Waals surface area contributed by atoms with Crippen molar-refractivity contribution in [2.75, 3.05) is 19.7 Å². The molecule has 6 nitrogen and oxygen atoms in total. The van der Waals surface area contributed by atoms with E-state index in [1.54, 1.807) is 12.7 Å². The van der Waals surface area contributed by atoms with Gasteiger partial charge in [0.05, 0.1) is 24.8 Å². The minimum absolute atomic E-state index is 0.118. The van der Waals surface area contributed by atoms with Crippen LogP contribution in [0, 0.1) is 0 Å². The summed E-state index contributed by atoms with van der Waals surface area (Å²) >= 11 is 6.29. The van der Waals surface area contributed by atoms with Crippen LogP contribution in [0.15, 0.2) is 43.1 Å². The number of morpholine rings is 1. The number of pyridine rings is 1. The Bertz CT molecular complexity index is 823. The molecule has 0 unspecified atom stereocenters. The number of aromatic nitrogens is 4. The van der Waals surface area contributed by atoms with Crippen LogP contribution in [0.3, 0.4) is 0 Å². The predicted molar refractivity (Wildman–Crippen MR) is 91.8 cm³/mol. The van der Waals surface area contributed by atoms with Gasteiger partial charge in [0.15, 0.2) is 0 Å². The van der Waals surface area contributed by atoms with Crippen LogP contribution in [0.1, 0.15) is 5.56 Å². The van der Waals surface area contributed by atoms with Crippen molar-refractivity contribution in [3.8, 4) is 0 Å². The lowest BCUT2D eigenvalue weighted by atomic mass is 10.1. The summed E-state index contributed by atoms with van der Waals surface area (Å²) in [5.41, 5.74) is 2.17. The fraction of sp³-hybridized carbons (Fsp3) is 0.353. The van der Waals surface area contributed by atoms with Gasteiger partial charge in [0.1, 0.15) is 12.7 Å². The second-order valence-electron chi connectivity index (χ2n) is 5.95. The number of benzene rings is 1. The van der Waals surface area contributed by atoms with E-state index in [2.05, 4.69) is 26.0 Å². The molecule has 2 aromatic heterocycles. The standard InChI is InChI=1S/C17H18ClN5O/c18-16-4-3-13(17-15(16)2-1-5-20-17)8-22-6-7-24-14(9-22)10-23-12-19-11-21-23/h1-5,11-12,14H,6-10H2/t14-/m0/s1. The van der Waals surface area contributed by atoms with Crippen molar-refractivity contribution in [1.82, 2.24) is 24.6 Å². The van der Waals surface area contributed by atoms with Crippen LogP contribution in [0.2, 0.25) is 5.02 Å². The molecule has 1 aliphatic rings. The van der Waals surface area contributed by atoms with Crippen LogP contribution in [0.5, 0.6) is 0 Å². The average molecular weight is 344 g/mol. The maximum atomic E-state index is 6.29. The van der Waals surface area contributed by atoms with Gasteiger partial charge in [0.2, 0.25) is 0 Å². The molecule has 0 amide bonds. The van der Waals surface area contributed by atoms with E-state index in [1.807, 2.05) is 29.1 Å². The Morgan fingerprint density at radius 1 is 1.29 bits per heavy atom. The number of hydrogen-bond donors (Lipinski definition) is 0. The topological polar surface area (TPSA) is 56.1 Å². The Balaban J connectivity index is 1.50. The fourth-order valence-corrected chi connectivity index (χ4v) is 3.35. The second kappa shape index (κ2) is 6.84. The normalized spacial score (nSPS) is 19.0. The van der Waals surface area contributed by atoms with Crippen molar-refractivity contribution in [1.29, 1.82) is 0 Å². The second-order valence-corrected chi connectivity index (χ2v) is 6.36. The first-order valence-electron chi connectivity index (χ1n) is 7.98. The van der Waals surface area contributed by atoms with E-state index in [4.69, 9.17) is 16.3 Å². The summed E-state index contributed by atoms with van der Waals surface area (Å²) in [5, 5.41) is 5.90. The SMILES string of the molecule is Clc1ccc(CN2CCO[C@H](Cn3cncn3)C2)c2ncccc12. The molecule has 0 saturated carbocycles. The Morgan fingerprint density at radius 2 is 2.25 bits per heavy atom. The highest BCUT2D eigenvalue weighted by molar-refractivity contribution is 6.35. The Hall–Kier alpha value is -2.02. The number of halogens is 1. The lowest BCUT2D eigenvalue weighted by Crippen LogP contribution is -2.43. The van der Waals surface area contributed by atoms with Crippen LogP contribution >= 0.6 is 11.6 Å². The zero-order valence-electron chi connectivity index (χ0n) is 13.2. The van der Waals surface area contributed by atoms with Crippen LogP contribution in [0.4, 0.5) is 0 Å². The summed E-state index contributed by atoms with van der Waals surface area (Å²) in [5.74, 6) is 0. The molecule has 1 saturated heterocycles. The van der Waals surface area contributed by atoms with Gasteiger partial charge in [0.25, 0.3) is 0 Å². The van der Waals surface area contributed by atoms with Crippen LogP contribution in [-0.2, 0) is 17.8 Å².